The summed E-state index contributed by atoms with van der Waals surface area (Å²) in [5.41, 5.74) is 10.2. The van der Waals surface area contributed by atoms with Gasteiger partial charge in [0.1, 0.15) is 5.69 Å². The number of benzene rings is 2. The number of nitrogen functional groups attached to an aromatic ring is 1. The zero-order valence-corrected chi connectivity index (χ0v) is 14.8. The number of hydrogen-bond acceptors (Lipinski definition) is 3. The molecule has 126 valence electrons. The molecule has 0 amide bonds. The molecule has 0 bridgehead atoms. The fourth-order valence-corrected chi connectivity index (χ4v) is 2.61. The highest BCUT2D eigenvalue weighted by Crippen LogP contribution is 2.39. The lowest BCUT2D eigenvalue weighted by atomic mass is 9.86. The maximum Gasteiger partial charge on any atom is 0.196 e. The van der Waals surface area contributed by atoms with E-state index in [0.717, 1.165) is 22.2 Å². The maximum atomic E-state index is 12.5. The minimum atomic E-state index is -0.0254. The number of rotatable bonds is 1. The van der Waals surface area contributed by atoms with E-state index in [4.69, 9.17) is 5.73 Å². The molecule has 1 aliphatic carbocycles. The molecule has 1 heterocycles. The van der Waals surface area contributed by atoms with Crippen molar-refractivity contribution in [3.8, 4) is 11.3 Å². The van der Waals surface area contributed by atoms with Crippen LogP contribution in [0.3, 0.4) is 0 Å². The van der Waals surface area contributed by atoms with Crippen LogP contribution in [0.25, 0.3) is 22.2 Å². The summed E-state index contributed by atoms with van der Waals surface area (Å²) in [7, 11) is 0. The van der Waals surface area contributed by atoms with Crippen LogP contribution < -0.4 is 5.73 Å². The van der Waals surface area contributed by atoms with Gasteiger partial charge in [-0.05, 0) is 12.1 Å². The van der Waals surface area contributed by atoms with Gasteiger partial charge < -0.3 is 5.73 Å². The molecule has 4 rings (SSSR count). The second-order valence-corrected chi connectivity index (χ2v) is 5.40. The molecule has 0 atom stereocenters. The van der Waals surface area contributed by atoms with Crippen molar-refractivity contribution in [3.63, 3.8) is 0 Å². The molecule has 1 aromatic heterocycles. The Morgan fingerprint density at radius 3 is 2.29 bits per heavy atom. The van der Waals surface area contributed by atoms with Crippen molar-refractivity contribution in [2.45, 2.75) is 40.5 Å². The highest BCUT2D eigenvalue weighted by Gasteiger charge is 2.28. The van der Waals surface area contributed by atoms with Gasteiger partial charge in [-0.15, -0.1) is 0 Å². The first-order valence-electron chi connectivity index (χ1n) is 8.59. The van der Waals surface area contributed by atoms with E-state index in [9.17, 15) is 4.79 Å². The van der Waals surface area contributed by atoms with Gasteiger partial charge >= 0.3 is 0 Å². The van der Waals surface area contributed by atoms with E-state index in [1.165, 1.54) is 12.8 Å². The fourth-order valence-electron chi connectivity index (χ4n) is 2.61. The summed E-state index contributed by atoms with van der Waals surface area (Å²) < 4.78 is 0. The average molecular weight is 323 g/mol. The molecule has 0 fully saturated rings. The lowest BCUT2D eigenvalue weighted by molar-refractivity contribution is 0.104. The first-order chi connectivity index (χ1) is 11.7. The lowest BCUT2D eigenvalue weighted by Crippen LogP contribution is -2.11. The van der Waals surface area contributed by atoms with Gasteiger partial charge in [0.15, 0.2) is 5.78 Å². The smallest absolute Gasteiger partial charge is 0.196 e. The molecule has 4 heteroatoms. The van der Waals surface area contributed by atoms with E-state index in [1.807, 2.05) is 44.2 Å². The highest BCUT2D eigenvalue weighted by atomic mass is 16.1. The number of unbranched alkanes of at least 4 members (excludes halogenated alkanes) is 1. The molecule has 0 saturated carbocycles. The molecular formula is C20H25N3O. The van der Waals surface area contributed by atoms with Crippen molar-refractivity contribution in [2.24, 2.45) is 0 Å². The van der Waals surface area contributed by atoms with Crippen molar-refractivity contribution in [1.82, 2.24) is 10.2 Å². The van der Waals surface area contributed by atoms with Gasteiger partial charge in [0.25, 0.3) is 0 Å². The number of hydrogen-bond donors (Lipinski definition) is 2. The van der Waals surface area contributed by atoms with Crippen LogP contribution in [0.5, 0.6) is 0 Å². The highest BCUT2D eigenvalue weighted by molar-refractivity contribution is 6.26. The third-order valence-electron chi connectivity index (χ3n) is 3.91. The minimum absolute atomic E-state index is 0.0254. The number of H-pyrrole nitrogens is 1. The zero-order chi connectivity index (χ0) is 17.7. The van der Waals surface area contributed by atoms with Gasteiger partial charge in [0, 0.05) is 22.2 Å². The van der Waals surface area contributed by atoms with E-state index >= 15 is 0 Å². The van der Waals surface area contributed by atoms with Crippen molar-refractivity contribution < 1.29 is 4.79 Å². The zero-order valence-electron chi connectivity index (χ0n) is 14.8. The number of fused-ring (bicyclic) bond motifs is 2. The van der Waals surface area contributed by atoms with E-state index in [2.05, 4.69) is 24.0 Å². The van der Waals surface area contributed by atoms with Gasteiger partial charge in [0.05, 0.1) is 11.1 Å². The lowest BCUT2D eigenvalue weighted by Gasteiger charge is -2.16. The van der Waals surface area contributed by atoms with Crippen LogP contribution in [0.1, 0.15) is 56.5 Å². The van der Waals surface area contributed by atoms with Crippen LogP contribution in [0.4, 0.5) is 5.69 Å². The molecule has 0 spiro atoms. The SMILES string of the molecule is CC.CCCC.Nc1cccc2c1C(=O)c1cccc3[nH]nc-2c13. The molecule has 0 radical (unpaired) electrons. The van der Waals surface area contributed by atoms with Crippen LogP contribution >= 0.6 is 0 Å². The Bertz CT molecular complexity index is 847. The molecule has 0 unspecified atom stereocenters. The monoisotopic (exact) mass is 323 g/mol. The minimum Gasteiger partial charge on any atom is -0.398 e. The normalized spacial score (nSPS) is 11.1. The first kappa shape index (κ1) is 17.7. The number of nitrogens with one attached hydrogen (secondary N) is 1. The second-order valence-electron chi connectivity index (χ2n) is 5.40. The van der Waals surface area contributed by atoms with E-state index in [0.29, 0.717) is 16.8 Å². The maximum absolute atomic E-state index is 12.5. The summed E-state index contributed by atoms with van der Waals surface area (Å²) >= 11 is 0. The Balaban J connectivity index is 0.000000308. The van der Waals surface area contributed by atoms with Crippen molar-refractivity contribution in [2.75, 3.05) is 5.73 Å². The molecular weight excluding hydrogens is 298 g/mol. The summed E-state index contributed by atoms with van der Waals surface area (Å²) in [4.78, 5) is 12.5. The number of aromatic nitrogens is 2. The fraction of sp³-hybridized carbons (Fsp3) is 0.300. The number of nitrogens with two attached hydrogens (primary N) is 1. The van der Waals surface area contributed by atoms with Gasteiger partial charge in [-0.1, -0.05) is 64.8 Å². The Morgan fingerprint density at radius 1 is 1.00 bits per heavy atom. The number of nitrogens with zero attached hydrogens (tertiary/aromatic N) is 1. The summed E-state index contributed by atoms with van der Waals surface area (Å²) in [5.74, 6) is -0.0254. The van der Waals surface area contributed by atoms with Crippen molar-refractivity contribution in [1.29, 1.82) is 0 Å². The van der Waals surface area contributed by atoms with Crippen molar-refractivity contribution in [3.05, 3.63) is 47.5 Å². The van der Waals surface area contributed by atoms with Gasteiger partial charge in [-0.25, -0.2) is 0 Å². The van der Waals surface area contributed by atoms with Crippen molar-refractivity contribution >= 4 is 22.4 Å². The predicted molar refractivity (Wildman–Crippen MR) is 101 cm³/mol. The Hall–Kier alpha value is -2.62. The topological polar surface area (TPSA) is 71.8 Å². The third kappa shape index (κ3) is 2.92. The molecule has 3 aromatic rings. The molecule has 24 heavy (non-hydrogen) atoms. The molecule has 0 saturated heterocycles. The second kappa shape index (κ2) is 7.77. The molecule has 3 N–H and O–H groups in total. The van der Waals surface area contributed by atoms with Gasteiger partial charge in [0.2, 0.25) is 0 Å². The van der Waals surface area contributed by atoms with Crippen LogP contribution in [-0.4, -0.2) is 16.0 Å². The van der Waals surface area contributed by atoms with Crippen LogP contribution in [0.15, 0.2) is 36.4 Å². The number of anilines is 1. The van der Waals surface area contributed by atoms with Crippen LogP contribution in [0, 0.1) is 0 Å². The largest absolute Gasteiger partial charge is 0.398 e. The Labute approximate surface area is 143 Å². The number of aromatic amines is 1. The summed E-state index contributed by atoms with van der Waals surface area (Å²) in [6.45, 7) is 8.36. The quantitative estimate of drug-likeness (QED) is 0.473. The van der Waals surface area contributed by atoms with Gasteiger partial charge in [-0.2, -0.15) is 5.10 Å². The molecule has 1 aliphatic rings. The number of carbonyl (C=O) groups is 1. The molecule has 4 nitrogen and oxygen atoms in total. The standard InChI is InChI=1S/C14H9N3O.C4H10.C2H6/c15-9-5-1-3-7-11(9)14(18)8-4-2-6-10-12(8)13(7)17-16-10;1-3-4-2;1-2/h1-6H,15H2,(H,16,17);3-4H2,1-2H3;1-2H3. The number of ketones is 1. The van der Waals surface area contributed by atoms with Crippen LogP contribution in [0.2, 0.25) is 0 Å². The predicted octanol–water partition coefficient (Wildman–Crippen LogP) is 5.19. The van der Waals surface area contributed by atoms with E-state index in [-0.39, 0.29) is 5.78 Å². The van der Waals surface area contributed by atoms with E-state index in [1.54, 1.807) is 6.07 Å². The molecule has 2 aromatic carbocycles. The Morgan fingerprint density at radius 2 is 1.62 bits per heavy atom. The summed E-state index contributed by atoms with van der Waals surface area (Å²) in [5, 5.41) is 8.16. The van der Waals surface area contributed by atoms with Gasteiger partial charge in [-0.3, -0.25) is 9.89 Å². The Kier molecular flexibility index (Phi) is 5.74. The van der Waals surface area contributed by atoms with Crippen LogP contribution in [-0.2, 0) is 0 Å². The third-order valence-corrected chi connectivity index (χ3v) is 3.91. The van der Waals surface area contributed by atoms with E-state index < -0.39 is 0 Å². The number of carbonyl (C=O) groups excluding carboxylic acids is 1. The molecule has 0 aliphatic heterocycles. The summed E-state index contributed by atoms with van der Waals surface area (Å²) in [6, 6.07) is 11.1. The first-order valence-corrected chi connectivity index (χ1v) is 8.59. The average Bonchev–Trinajstić information content (AvgIpc) is 3.06. The summed E-state index contributed by atoms with van der Waals surface area (Å²) in [6.07, 6.45) is 2.64.